The predicted molar refractivity (Wildman–Crippen MR) is 103 cm³/mol. The number of halogens is 1. The molecule has 0 spiro atoms. The fourth-order valence-corrected chi connectivity index (χ4v) is 2.78. The number of carbonyl (C=O) groups excluding carboxylic acids is 1. The highest BCUT2D eigenvalue weighted by molar-refractivity contribution is 6.31. The lowest BCUT2D eigenvalue weighted by Crippen LogP contribution is -2.29. The van der Waals surface area contributed by atoms with Crippen LogP contribution >= 0.6 is 11.6 Å². The highest BCUT2D eigenvalue weighted by atomic mass is 35.5. The number of hydrogen-bond acceptors (Lipinski definition) is 3. The van der Waals surface area contributed by atoms with Crippen molar-refractivity contribution in [1.82, 2.24) is 9.55 Å². The van der Waals surface area contributed by atoms with Gasteiger partial charge in [-0.2, -0.15) is 0 Å². The zero-order valence-electron chi connectivity index (χ0n) is 14.5. The Balaban J connectivity index is 1.90. The molecule has 1 amide bonds. The Morgan fingerprint density at radius 3 is 2.54 bits per heavy atom. The first-order valence-corrected chi connectivity index (χ1v) is 8.52. The van der Waals surface area contributed by atoms with Crippen LogP contribution in [0.3, 0.4) is 0 Å². The monoisotopic (exact) mass is 367 g/mol. The van der Waals surface area contributed by atoms with Crippen LogP contribution < -0.4 is 10.9 Å². The van der Waals surface area contributed by atoms with Crippen LogP contribution in [0.2, 0.25) is 5.02 Å². The summed E-state index contributed by atoms with van der Waals surface area (Å²) < 4.78 is 1.37. The van der Waals surface area contributed by atoms with E-state index in [1.165, 1.54) is 10.6 Å². The van der Waals surface area contributed by atoms with Crippen LogP contribution in [0.25, 0.3) is 11.4 Å². The molecule has 2 aromatic carbocycles. The number of rotatable bonds is 4. The van der Waals surface area contributed by atoms with Gasteiger partial charge in [-0.3, -0.25) is 14.2 Å². The Labute approximate surface area is 156 Å². The van der Waals surface area contributed by atoms with Gasteiger partial charge in [0, 0.05) is 28.0 Å². The molecule has 0 aliphatic heterocycles. The Bertz CT molecular complexity index is 1010. The Morgan fingerprint density at radius 1 is 1.12 bits per heavy atom. The molecule has 0 bridgehead atoms. The number of anilines is 1. The summed E-state index contributed by atoms with van der Waals surface area (Å²) in [6.45, 7) is 3.51. The van der Waals surface area contributed by atoms with E-state index in [1.807, 2.05) is 43.3 Å². The van der Waals surface area contributed by atoms with Crippen LogP contribution in [-0.4, -0.2) is 15.5 Å². The molecule has 6 heteroatoms. The summed E-state index contributed by atoms with van der Waals surface area (Å²) >= 11 is 6.09. The number of amides is 1. The van der Waals surface area contributed by atoms with E-state index in [0.717, 1.165) is 11.1 Å². The number of nitrogens with zero attached hydrogens (tertiary/aromatic N) is 2. The normalized spacial score (nSPS) is 10.6. The van der Waals surface area contributed by atoms with Crippen LogP contribution in [0, 0.1) is 13.8 Å². The second-order valence-corrected chi connectivity index (χ2v) is 6.43. The molecule has 0 unspecified atom stereocenters. The second-order valence-electron chi connectivity index (χ2n) is 6.02. The minimum Gasteiger partial charge on any atom is -0.324 e. The molecule has 132 valence electrons. The third kappa shape index (κ3) is 4.00. The minimum absolute atomic E-state index is 0.137. The molecule has 0 radical (unpaired) electrons. The number of hydrogen-bond donors (Lipinski definition) is 1. The lowest BCUT2D eigenvalue weighted by atomic mass is 10.2. The second kappa shape index (κ2) is 7.54. The van der Waals surface area contributed by atoms with Gasteiger partial charge in [0.15, 0.2) is 0 Å². The van der Waals surface area contributed by atoms with Crippen molar-refractivity contribution in [1.29, 1.82) is 0 Å². The minimum atomic E-state index is -0.324. The van der Waals surface area contributed by atoms with Gasteiger partial charge in [0.2, 0.25) is 5.91 Å². The molecule has 0 fully saturated rings. The summed E-state index contributed by atoms with van der Waals surface area (Å²) in [6, 6.07) is 16.0. The molecule has 0 atom stereocenters. The lowest BCUT2D eigenvalue weighted by molar-refractivity contribution is -0.116. The summed E-state index contributed by atoms with van der Waals surface area (Å²) in [5.74, 6) is 0.141. The fourth-order valence-electron chi connectivity index (χ4n) is 2.60. The van der Waals surface area contributed by atoms with Crippen molar-refractivity contribution >= 4 is 23.2 Å². The maximum absolute atomic E-state index is 12.5. The van der Waals surface area contributed by atoms with Crippen molar-refractivity contribution in [2.75, 3.05) is 5.32 Å². The molecule has 0 saturated heterocycles. The molecule has 1 aromatic heterocycles. The number of nitrogens with one attached hydrogen (secondary N) is 1. The summed E-state index contributed by atoms with van der Waals surface area (Å²) in [7, 11) is 0. The van der Waals surface area contributed by atoms with Gasteiger partial charge in [0.05, 0.1) is 0 Å². The van der Waals surface area contributed by atoms with E-state index in [9.17, 15) is 9.59 Å². The van der Waals surface area contributed by atoms with Crippen LogP contribution in [0.4, 0.5) is 5.69 Å². The molecular formula is C20H18ClN3O2. The van der Waals surface area contributed by atoms with E-state index in [0.29, 0.717) is 22.2 Å². The van der Waals surface area contributed by atoms with Crippen LogP contribution in [0.5, 0.6) is 0 Å². The molecule has 1 N–H and O–H groups in total. The van der Waals surface area contributed by atoms with Gasteiger partial charge in [0.1, 0.15) is 12.4 Å². The van der Waals surface area contributed by atoms with Crippen molar-refractivity contribution in [3.05, 3.63) is 81.2 Å². The van der Waals surface area contributed by atoms with E-state index in [1.54, 1.807) is 19.1 Å². The molecule has 1 heterocycles. The van der Waals surface area contributed by atoms with Gasteiger partial charge >= 0.3 is 0 Å². The molecule has 26 heavy (non-hydrogen) atoms. The number of aryl methyl sites for hydroxylation is 2. The third-order valence-corrected chi connectivity index (χ3v) is 4.33. The highest BCUT2D eigenvalue weighted by Gasteiger charge is 2.13. The van der Waals surface area contributed by atoms with Gasteiger partial charge in [-0.25, -0.2) is 4.98 Å². The smallest absolute Gasteiger partial charge is 0.254 e. The average Bonchev–Trinajstić information content (AvgIpc) is 2.61. The molecule has 5 nitrogen and oxygen atoms in total. The molecule has 0 saturated carbocycles. The number of aromatic nitrogens is 2. The average molecular weight is 368 g/mol. The quantitative estimate of drug-likeness (QED) is 0.762. The Kier molecular flexibility index (Phi) is 5.19. The third-order valence-electron chi connectivity index (χ3n) is 3.93. The van der Waals surface area contributed by atoms with E-state index in [-0.39, 0.29) is 18.0 Å². The fraction of sp³-hybridized carbons (Fsp3) is 0.150. The highest BCUT2D eigenvalue weighted by Crippen LogP contribution is 2.20. The van der Waals surface area contributed by atoms with Crippen molar-refractivity contribution in [3.63, 3.8) is 0 Å². The van der Waals surface area contributed by atoms with Gasteiger partial charge in [-0.15, -0.1) is 0 Å². The molecule has 0 aliphatic rings. The number of carbonyl (C=O) groups is 1. The largest absolute Gasteiger partial charge is 0.324 e. The molecule has 3 rings (SSSR count). The van der Waals surface area contributed by atoms with Gasteiger partial charge < -0.3 is 5.32 Å². The van der Waals surface area contributed by atoms with E-state index in [4.69, 9.17) is 11.6 Å². The van der Waals surface area contributed by atoms with Crippen molar-refractivity contribution < 1.29 is 4.79 Å². The summed E-state index contributed by atoms with van der Waals surface area (Å²) in [4.78, 5) is 29.4. The van der Waals surface area contributed by atoms with E-state index >= 15 is 0 Å². The lowest BCUT2D eigenvalue weighted by Gasteiger charge is -2.13. The van der Waals surface area contributed by atoms with Gasteiger partial charge in [-0.05, 0) is 31.5 Å². The van der Waals surface area contributed by atoms with Crippen LogP contribution in [-0.2, 0) is 11.3 Å². The van der Waals surface area contributed by atoms with Crippen molar-refractivity contribution in [3.8, 4) is 11.4 Å². The zero-order valence-corrected chi connectivity index (χ0v) is 15.2. The van der Waals surface area contributed by atoms with Gasteiger partial charge in [-0.1, -0.05) is 48.0 Å². The Morgan fingerprint density at radius 2 is 1.85 bits per heavy atom. The maximum atomic E-state index is 12.5. The first kappa shape index (κ1) is 17.9. The predicted octanol–water partition coefficient (Wildman–Crippen LogP) is 3.82. The summed E-state index contributed by atoms with van der Waals surface area (Å²) in [5.41, 5.74) is 2.62. The van der Waals surface area contributed by atoms with Gasteiger partial charge in [0.25, 0.3) is 5.56 Å². The first-order valence-electron chi connectivity index (χ1n) is 8.14. The zero-order chi connectivity index (χ0) is 18.7. The topological polar surface area (TPSA) is 64.0 Å². The van der Waals surface area contributed by atoms with E-state index < -0.39 is 0 Å². The maximum Gasteiger partial charge on any atom is 0.254 e. The molecular weight excluding hydrogens is 350 g/mol. The van der Waals surface area contributed by atoms with E-state index in [2.05, 4.69) is 10.3 Å². The standard InChI is InChI=1S/C20H18ClN3O2/c1-13-8-9-16(11-17(13)21)23-18(25)12-24-19(26)10-14(2)22-20(24)15-6-4-3-5-7-15/h3-11H,12H2,1-2H3,(H,23,25). The van der Waals surface area contributed by atoms with Crippen molar-refractivity contribution in [2.24, 2.45) is 0 Å². The molecule has 3 aromatic rings. The van der Waals surface area contributed by atoms with Crippen LogP contribution in [0.1, 0.15) is 11.3 Å². The van der Waals surface area contributed by atoms with Crippen LogP contribution in [0.15, 0.2) is 59.4 Å². The summed E-state index contributed by atoms with van der Waals surface area (Å²) in [6.07, 6.45) is 0. The molecule has 0 aliphatic carbocycles. The SMILES string of the molecule is Cc1cc(=O)n(CC(=O)Nc2ccc(C)c(Cl)c2)c(-c2ccccc2)n1. The number of benzene rings is 2. The summed E-state index contributed by atoms with van der Waals surface area (Å²) in [5, 5.41) is 3.34. The Hall–Kier alpha value is -2.92. The van der Waals surface area contributed by atoms with Crippen molar-refractivity contribution in [2.45, 2.75) is 20.4 Å². The first-order chi connectivity index (χ1) is 12.4.